The summed E-state index contributed by atoms with van der Waals surface area (Å²) in [6.45, 7) is 0.971. The fraction of sp³-hybridized carbons (Fsp3) is 0.333. The second-order valence-electron chi connectivity index (χ2n) is 7.34. The zero-order valence-corrected chi connectivity index (χ0v) is 20.2. The first-order valence-corrected chi connectivity index (χ1v) is 12.5. The molecule has 3 aromatic rings. The van der Waals surface area contributed by atoms with Crippen molar-refractivity contribution in [3.8, 4) is 5.75 Å². The summed E-state index contributed by atoms with van der Waals surface area (Å²) in [5, 5.41) is 0.800. The van der Waals surface area contributed by atoms with Crippen LogP contribution in [0.15, 0.2) is 41.3 Å². The van der Waals surface area contributed by atoms with Gasteiger partial charge in [-0.15, -0.1) is 0 Å². The molecule has 1 aromatic heterocycles. The van der Waals surface area contributed by atoms with Crippen LogP contribution in [-0.2, 0) is 14.6 Å². The van der Waals surface area contributed by atoms with Gasteiger partial charge in [-0.25, -0.2) is 17.8 Å². The van der Waals surface area contributed by atoms with Crippen molar-refractivity contribution in [1.82, 2.24) is 9.88 Å². The molecule has 7 nitrogen and oxygen atoms in total. The molecule has 0 aliphatic heterocycles. The van der Waals surface area contributed by atoms with Crippen LogP contribution in [0.4, 0.5) is 9.52 Å². The minimum atomic E-state index is -3.96. The molecule has 0 bridgehead atoms. The summed E-state index contributed by atoms with van der Waals surface area (Å²) in [4.78, 5) is 20.9. The first-order valence-electron chi connectivity index (χ1n) is 9.69. The van der Waals surface area contributed by atoms with E-state index in [1.807, 2.05) is 19.0 Å². The second kappa shape index (κ2) is 10.1. The summed E-state index contributed by atoms with van der Waals surface area (Å²) in [5.41, 5.74) is 0.506. The van der Waals surface area contributed by atoms with Crippen molar-refractivity contribution in [2.75, 3.05) is 44.9 Å². The van der Waals surface area contributed by atoms with Crippen molar-refractivity contribution in [2.45, 2.75) is 11.3 Å². The number of benzene rings is 2. The summed E-state index contributed by atoms with van der Waals surface area (Å²) in [6, 6.07) is 7.77. The quantitative estimate of drug-likeness (QED) is 0.416. The molecule has 0 N–H and O–H groups in total. The lowest BCUT2D eigenvalue weighted by atomic mass is 10.3. The smallest absolute Gasteiger partial charge is 0.244 e. The van der Waals surface area contributed by atoms with Gasteiger partial charge in [0.15, 0.2) is 15.0 Å². The molecular formula is C21H23ClFN3O4S2. The highest BCUT2D eigenvalue weighted by Crippen LogP contribution is 2.38. The topological polar surface area (TPSA) is 79.8 Å². The Hall–Kier alpha value is -2.27. The number of carbonyl (C=O) groups excluding carboxylic acids is 1. The molecule has 0 fully saturated rings. The van der Waals surface area contributed by atoms with Gasteiger partial charge in [-0.05, 0) is 63.5 Å². The molecule has 1 amide bonds. The Kier molecular flexibility index (Phi) is 7.71. The van der Waals surface area contributed by atoms with Crippen LogP contribution in [0.3, 0.4) is 0 Å². The van der Waals surface area contributed by atoms with E-state index < -0.39 is 27.3 Å². The van der Waals surface area contributed by atoms with Crippen LogP contribution in [0.2, 0.25) is 5.02 Å². The fourth-order valence-electron chi connectivity index (χ4n) is 3.06. The first-order chi connectivity index (χ1) is 15.1. The van der Waals surface area contributed by atoms with Crippen molar-refractivity contribution < 1.29 is 22.3 Å². The van der Waals surface area contributed by atoms with E-state index in [0.717, 1.165) is 24.3 Å². The molecule has 0 saturated heterocycles. The standard InChI is InChI=1S/C21H23ClFN3O4S2/c1-25(2)11-4-12-26(18(27)13-32(28,29)15-7-5-14(23)6-8-15)21-24-19-17(30-3)10-9-16(22)20(19)31-21/h5-10H,4,11-13H2,1-3H3. The van der Waals surface area contributed by atoms with E-state index in [0.29, 0.717) is 39.1 Å². The lowest BCUT2D eigenvalue weighted by Crippen LogP contribution is -2.37. The highest BCUT2D eigenvalue weighted by Gasteiger charge is 2.27. The number of halogens is 2. The lowest BCUT2D eigenvalue weighted by Gasteiger charge is -2.21. The van der Waals surface area contributed by atoms with Gasteiger partial charge in [0.25, 0.3) is 0 Å². The predicted octanol–water partition coefficient (Wildman–Crippen LogP) is 3.86. The summed E-state index contributed by atoms with van der Waals surface area (Å²) >= 11 is 7.50. The Morgan fingerprint density at radius 1 is 1.16 bits per heavy atom. The monoisotopic (exact) mass is 499 g/mol. The third-order valence-corrected chi connectivity index (χ3v) is 7.83. The Labute approximate surface area is 195 Å². The van der Waals surface area contributed by atoms with Crippen molar-refractivity contribution in [1.29, 1.82) is 0 Å². The Morgan fingerprint density at radius 3 is 2.47 bits per heavy atom. The van der Waals surface area contributed by atoms with Crippen molar-refractivity contribution >= 4 is 54.0 Å². The first kappa shape index (κ1) is 24.4. The van der Waals surface area contributed by atoms with Crippen LogP contribution in [-0.4, -0.2) is 64.3 Å². The summed E-state index contributed by atoms with van der Waals surface area (Å²) in [6.07, 6.45) is 0.607. The van der Waals surface area contributed by atoms with Crippen molar-refractivity contribution in [3.63, 3.8) is 0 Å². The van der Waals surface area contributed by atoms with E-state index >= 15 is 0 Å². The molecule has 0 unspecified atom stereocenters. The third kappa shape index (κ3) is 5.55. The number of sulfone groups is 1. The number of amides is 1. The zero-order chi connectivity index (χ0) is 23.5. The van der Waals surface area contributed by atoms with Crippen LogP contribution in [0.1, 0.15) is 6.42 Å². The molecule has 0 spiro atoms. The molecule has 1 heterocycles. The summed E-state index contributed by atoms with van der Waals surface area (Å²) in [5.74, 6) is -1.43. The largest absolute Gasteiger partial charge is 0.494 e. The highest BCUT2D eigenvalue weighted by molar-refractivity contribution is 7.92. The number of thiazole rings is 1. The van der Waals surface area contributed by atoms with Crippen molar-refractivity contribution in [3.05, 3.63) is 47.2 Å². The van der Waals surface area contributed by atoms with Crippen LogP contribution in [0.25, 0.3) is 10.2 Å². The fourth-order valence-corrected chi connectivity index (χ4v) is 5.56. The number of methoxy groups -OCH3 is 1. The van der Waals surface area contributed by atoms with Gasteiger partial charge in [0.2, 0.25) is 5.91 Å². The van der Waals surface area contributed by atoms with E-state index in [-0.39, 0.29) is 11.4 Å². The number of carbonyl (C=O) groups is 1. The van der Waals surface area contributed by atoms with Gasteiger partial charge in [0, 0.05) is 6.54 Å². The molecule has 11 heteroatoms. The maximum Gasteiger partial charge on any atom is 0.244 e. The maximum atomic E-state index is 13.2. The average molecular weight is 500 g/mol. The van der Waals surface area contributed by atoms with E-state index in [2.05, 4.69) is 4.98 Å². The number of aromatic nitrogens is 1. The number of hydrogen-bond acceptors (Lipinski definition) is 7. The molecule has 32 heavy (non-hydrogen) atoms. The molecular weight excluding hydrogens is 477 g/mol. The van der Waals surface area contributed by atoms with E-state index in [1.165, 1.54) is 23.3 Å². The average Bonchev–Trinajstić information content (AvgIpc) is 3.17. The summed E-state index contributed by atoms with van der Waals surface area (Å²) < 4.78 is 44.7. The van der Waals surface area contributed by atoms with Gasteiger partial charge in [-0.1, -0.05) is 22.9 Å². The number of fused-ring (bicyclic) bond motifs is 1. The van der Waals surface area contributed by atoms with Gasteiger partial charge in [-0.3, -0.25) is 9.69 Å². The summed E-state index contributed by atoms with van der Waals surface area (Å²) in [7, 11) is 1.37. The minimum Gasteiger partial charge on any atom is -0.494 e. The van der Waals surface area contributed by atoms with E-state index in [9.17, 15) is 17.6 Å². The number of rotatable bonds is 9. The number of hydrogen-bond donors (Lipinski definition) is 0. The van der Waals surface area contributed by atoms with Gasteiger partial charge < -0.3 is 9.64 Å². The second-order valence-corrected chi connectivity index (χ2v) is 10.7. The zero-order valence-electron chi connectivity index (χ0n) is 17.8. The van der Waals surface area contributed by atoms with Gasteiger partial charge >= 0.3 is 0 Å². The van der Waals surface area contributed by atoms with Gasteiger partial charge in [0.1, 0.15) is 22.8 Å². The molecule has 0 aliphatic rings. The number of nitrogens with zero attached hydrogens (tertiary/aromatic N) is 3. The normalized spacial score (nSPS) is 11.8. The maximum absolute atomic E-state index is 13.2. The number of ether oxygens (including phenoxy) is 1. The van der Waals surface area contributed by atoms with Crippen LogP contribution in [0, 0.1) is 5.82 Å². The lowest BCUT2D eigenvalue weighted by molar-refractivity contribution is -0.116. The van der Waals surface area contributed by atoms with E-state index in [4.69, 9.17) is 16.3 Å². The van der Waals surface area contributed by atoms with Gasteiger partial charge in [-0.2, -0.15) is 0 Å². The van der Waals surface area contributed by atoms with Gasteiger partial charge in [0.05, 0.1) is 21.7 Å². The molecule has 172 valence electrons. The van der Waals surface area contributed by atoms with E-state index in [1.54, 1.807) is 12.1 Å². The molecule has 0 saturated carbocycles. The van der Waals surface area contributed by atoms with Crippen molar-refractivity contribution in [2.24, 2.45) is 0 Å². The Bertz CT molecular complexity index is 1210. The Balaban J connectivity index is 1.95. The third-order valence-electron chi connectivity index (χ3n) is 4.67. The SMILES string of the molecule is COc1ccc(Cl)c2sc(N(CCCN(C)C)C(=O)CS(=O)(=O)c3ccc(F)cc3)nc12. The van der Waals surface area contributed by atoms with Crippen LogP contribution >= 0.6 is 22.9 Å². The molecule has 0 atom stereocenters. The van der Waals surface area contributed by atoms with Crippen LogP contribution < -0.4 is 9.64 Å². The molecule has 0 aliphatic carbocycles. The molecule has 2 aromatic carbocycles. The predicted molar refractivity (Wildman–Crippen MR) is 125 cm³/mol. The highest BCUT2D eigenvalue weighted by atomic mass is 35.5. The van der Waals surface area contributed by atoms with Crippen LogP contribution in [0.5, 0.6) is 5.75 Å². The Morgan fingerprint density at radius 2 is 1.84 bits per heavy atom. The molecule has 0 radical (unpaired) electrons. The minimum absolute atomic E-state index is 0.116. The number of anilines is 1. The molecule has 3 rings (SSSR count).